The van der Waals surface area contributed by atoms with Gasteiger partial charge in [0.15, 0.2) is 5.65 Å². The van der Waals surface area contributed by atoms with Gasteiger partial charge in [-0.15, -0.1) is 15.3 Å². The number of alkyl halides is 3. The molecule has 5 rings (SSSR count). The summed E-state index contributed by atoms with van der Waals surface area (Å²) in [6.45, 7) is 9.08. The van der Waals surface area contributed by atoms with E-state index in [0.717, 1.165) is 49.2 Å². The average Bonchev–Trinajstić information content (AvgIpc) is 3.36. The van der Waals surface area contributed by atoms with Gasteiger partial charge in [-0.05, 0) is 68.9 Å². The van der Waals surface area contributed by atoms with Crippen LogP contribution in [-0.2, 0) is 11.0 Å². The minimum Gasteiger partial charge on any atom is -0.494 e. The van der Waals surface area contributed by atoms with E-state index in [4.69, 9.17) is 4.74 Å². The molecule has 39 heavy (non-hydrogen) atoms. The zero-order chi connectivity index (χ0) is 27.6. The second kappa shape index (κ2) is 11.4. The van der Waals surface area contributed by atoms with Gasteiger partial charge in [-0.25, -0.2) is 0 Å². The molecule has 3 aromatic rings. The van der Waals surface area contributed by atoms with Crippen molar-refractivity contribution in [2.24, 2.45) is 0 Å². The first-order valence-electron chi connectivity index (χ1n) is 13.5. The van der Waals surface area contributed by atoms with Crippen LogP contribution >= 0.6 is 0 Å². The molecule has 0 spiro atoms. The maximum Gasteiger partial charge on any atom is 0.453 e. The third kappa shape index (κ3) is 6.26. The summed E-state index contributed by atoms with van der Waals surface area (Å²) in [4.78, 5) is 18.4. The molecule has 0 atom stereocenters. The lowest BCUT2D eigenvalue weighted by Gasteiger charge is -2.36. The summed E-state index contributed by atoms with van der Waals surface area (Å²) in [5, 5.41) is 11.0. The Bertz CT molecular complexity index is 1270. The summed E-state index contributed by atoms with van der Waals surface area (Å²) < 4.78 is 46.3. The van der Waals surface area contributed by atoms with Crippen LogP contribution in [0, 0.1) is 0 Å². The second-order valence-electron chi connectivity index (χ2n) is 10.5. The van der Waals surface area contributed by atoms with Gasteiger partial charge >= 0.3 is 6.18 Å². The summed E-state index contributed by atoms with van der Waals surface area (Å²) in [7, 11) is 0. The molecular weight excluding hydrogens is 511 g/mol. The van der Waals surface area contributed by atoms with Crippen molar-refractivity contribution < 1.29 is 22.7 Å². The van der Waals surface area contributed by atoms with E-state index < -0.39 is 12.0 Å². The van der Waals surface area contributed by atoms with Crippen molar-refractivity contribution in [2.45, 2.75) is 51.2 Å². The highest BCUT2D eigenvalue weighted by Gasteiger charge is 2.38. The Hall–Kier alpha value is -3.41. The van der Waals surface area contributed by atoms with E-state index in [9.17, 15) is 18.0 Å². The van der Waals surface area contributed by atoms with E-state index in [1.54, 1.807) is 6.07 Å². The van der Waals surface area contributed by atoms with Crippen molar-refractivity contribution in [3.05, 3.63) is 47.8 Å². The molecule has 0 saturated carbocycles. The van der Waals surface area contributed by atoms with Gasteiger partial charge < -0.3 is 14.5 Å². The molecule has 1 aromatic carbocycles. The number of rotatable bonds is 8. The lowest BCUT2D eigenvalue weighted by atomic mass is 9.89. The fourth-order valence-electron chi connectivity index (χ4n) is 5.35. The van der Waals surface area contributed by atoms with Crippen LogP contribution in [0.25, 0.3) is 5.65 Å². The van der Waals surface area contributed by atoms with Crippen molar-refractivity contribution in [3.8, 4) is 5.75 Å². The number of hydrogen-bond donors (Lipinski definition) is 0. The summed E-state index contributed by atoms with van der Waals surface area (Å²) in [5.74, 6) is 0.754. The minimum atomic E-state index is -4.61. The highest BCUT2D eigenvalue weighted by molar-refractivity contribution is 5.79. The van der Waals surface area contributed by atoms with Gasteiger partial charge in [-0.2, -0.15) is 17.7 Å². The van der Waals surface area contributed by atoms with Gasteiger partial charge in [0.25, 0.3) is 5.82 Å². The normalized spacial score (nSPS) is 17.9. The topological polar surface area (TPSA) is 79.1 Å². The van der Waals surface area contributed by atoms with Crippen molar-refractivity contribution in [3.63, 3.8) is 0 Å². The standard InChI is InChI=1S/C27H34F3N7O2/c1-19(2)36-16-15-34(18-25(36)38)12-3-17-39-22-6-4-20(5-7-22)21-10-13-35(14-11-21)24-9-8-23-31-32-26(27(28,29)30)37(23)33-24/h4-9,19,21H,3,10-18H2,1-2H3. The number of amides is 1. The molecule has 9 nitrogen and oxygen atoms in total. The quantitative estimate of drug-likeness (QED) is 0.398. The molecule has 0 N–H and O–H groups in total. The Morgan fingerprint density at radius 3 is 2.41 bits per heavy atom. The summed E-state index contributed by atoms with van der Waals surface area (Å²) in [6.07, 6.45) is -2.01. The number of piperazine rings is 1. The fourth-order valence-corrected chi connectivity index (χ4v) is 5.35. The number of anilines is 1. The second-order valence-corrected chi connectivity index (χ2v) is 10.5. The first-order chi connectivity index (χ1) is 18.7. The highest BCUT2D eigenvalue weighted by Crippen LogP contribution is 2.32. The van der Waals surface area contributed by atoms with E-state index in [0.29, 0.717) is 38.0 Å². The number of carbonyl (C=O) groups excluding carboxylic acids is 1. The summed E-state index contributed by atoms with van der Waals surface area (Å²) >= 11 is 0. The van der Waals surface area contributed by atoms with Crippen molar-refractivity contribution >= 4 is 17.4 Å². The molecule has 2 aliphatic heterocycles. The number of hydrogen-bond acceptors (Lipinski definition) is 7. The number of halogens is 3. The highest BCUT2D eigenvalue weighted by atomic mass is 19.4. The Balaban J connectivity index is 1.07. The zero-order valence-electron chi connectivity index (χ0n) is 22.3. The number of fused-ring (bicyclic) bond motifs is 1. The van der Waals surface area contributed by atoms with Crippen LogP contribution in [0.5, 0.6) is 5.75 Å². The molecular formula is C27H34F3N7O2. The number of piperidine rings is 1. The van der Waals surface area contributed by atoms with Gasteiger partial charge in [0.2, 0.25) is 5.91 Å². The maximum atomic E-state index is 13.2. The minimum absolute atomic E-state index is 0.0721. The molecule has 2 aliphatic rings. The van der Waals surface area contributed by atoms with E-state index in [1.807, 2.05) is 35.8 Å². The summed E-state index contributed by atoms with van der Waals surface area (Å²) in [5.41, 5.74) is 1.30. The first-order valence-corrected chi connectivity index (χ1v) is 13.5. The van der Waals surface area contributed by atoms with E-state index in [-0.39, 0.29) is 17.6 Å². The van der Waals surface area contributed by atoms with Gasteiger partial charge in [0, 0.05) is 38.8 Å². The van der Waals surface area contributed by atoms with E-state index in [1.165, 1.54) is 11.6 Å². The van der Waals surface area contributed by atoms with Crippen LogP contribution in [0.4, 0.5) is 19.0 Å². The largest absolute Gasteiger partial charge is 0.494 e. The van der Waals surface area contributed by atoms with Crippen LogP contribution < -0.4 is 9.64 Å². The molecule has 0 radical (unpaired) electrons. The van der Waals surface area contributed by atoms with E-state index >= 15 is 0 Å². The molecule has 2 saturated heterocycles. The lowest BCUT2D eigenvalue weighted by Crippen LogP contribution is -2.52. The molecule has 2 fully saturated rings. The van der Waals surface area contributed by atoms with Crippen LogP contribution in [0.2, 0.25) is 0 Å². The number of benzene rings is 1. The van der Waals surface area contributed by atoms with Gasteiger partial charge in [-0.1, -0.05) is 12.1 Å². The summed E-state index contributed by atoms with van der Waals surface area (Å²) in [6, 6.07) is 11.6. The predicted molar refractivity (Wildman–Crippen MR) is 140 cm³/mol. The fraction of sp³-hybridized carbons (Fsp3) is 0.556. The molecule has 4 heterocycles. The van der Waals surface area contributed by atoms with Gasteiger partial charge in [0.05, 0.1) is 13.2 Å². The van der Waals surface area contributed by atoms with Crippen LogP contribution in [0.1, 0.15) is 50.4 Å². The van der Waals surface area contributed by atoms with Crippen LogP contribution in [-0.4, -0.2) is 87.4 Å². The first kappa shape index (κ1) is 27.2. The van der Waals surface area contributed by atoms with Crippen LogP contribution in [0.15, 0.2) is 36.4 Å². The molecule has 1 amide bonds. The molecule has 210 valence electrons. The number of carbonyl (C=O) groups is 1. The van der Waals surface area contributed by atoms with Crippen molar-refractivity contribution in [1.82, 2.24) is 29.6 Å². The number of aromatic nitrogens is 4. The zero-order valence-corrected chi connectivity index (χ0v) is 22.3. The number of ether oxygens (including phenoxy) is 1. The van der Waals surface area contributed by atoms with Gasteiger partial charge in [0.1, 0.15) is 11.6 Å². The SMILES string of the molecule is CC(C)N1CCN(CCCOc2ccc(C3CCN(c4ccc5nnc(C(F)(F)F)n5n4)CC3)cc2)CC1=O. The predicted octanol–water partition coefficient (Wildman–Crippen LogP) is 3.85. The third-order valence-electron chi connectivity index (χ3n) is 7.52. The van der Waals surface area contributed by atoms with Crippen molar-refractivity contribution in [2.75, 3.05) is 50.8 Å². The lowest BCUT2D eigenvalue weighted by molar-refractivity contribution is -0.146. The third-order valence-corrected chi connectivity index (χ3v) is 7.52. The number of nitrogens with zero attached hydrogens (tertiary/aromatic N) is 7. The monoisotopic (exact) mass is 545 g/mol. The Kier molecular flexibility index (Phi) is 7.92. The Morgan fingerprint density at radius 1 is 1.00 bits per heavy atom. The Morgan fingerprint density at radius 2 is 1.74 bits per heavy atom. The Labute approximate surface area is 225 Å². The average molecular weight is 546 g/mol. The molecule has 0 unspecified atom stereocenters. The smallest absolute Gasteiger partial charge is 0.453 e. The molecule has 12 heteroatoms. The molecule has 0 bridgehead atoms. The van der Waals surface area contributed by atoms with E-state index in [2.05, 4.69) is 32.3 Å². The molecule has 0 aliphatic carbocycles. The van der Waals surface area contributed by atoms with Gasteiger partial charge in [-0.3, -0.25) is 9.69 Å². The van der Waals surface area contributed by atoms with Crippen molar-refractivity contribution in [1.29, 1.82) is 0 Å². The maximum absolute atomic E-state index is 13.2. The van der Waals surface area contributed by atoms with Crippen LogP contribution in [0.3, 0.4) is 0 Å². The molecule has 2 aromatic heterocycles.